The first-order valence-electron chi connectivity index (χ1n) is 5.31. The quantitative estimate of drug-likeness (QED) is 0.920. The summed E-state index contributed by atoms with van der Waals surface area (Å²) in [5.41, 5.74) is 5.60. The van der Waals surface area contributed by atoms with Gasteiger partial charge < -0.3 is 5.73 Å². The molecule has 0 bridgehead atoms. The van der Waals surface area contributed by atoms with E-state index in [0.29, 0.717) is 23.2 Å². The van der Waals surface area contributed by atoms with Crippen LogP contribution in [0.5, 0.6) is 0 Å². The Morgan fingerprint density at radius 1 is 1.59 bits per heavy atom. The van der Waals surface area contributed by atoms with Crippen molar-refractivity contribution in [2.24, 2.45) is 11.7 Å². The third kappa shape index (κ3) is 2.82. The average molecular weight is 297 g/mol. The van der Waals surface area contributed by atoms with Crippen LogP contribution in [0.3, 0.4) is 0 Å². The predicted molar refractivity (Wildman–Crippen MR) is 72.1 cm³/mol. The van der Waals surface area contributed by atoms with E-state index < -0.39 is 10.0 Å². The van der Waals surface area contributed by atoms with Gasteiger partial charge in [-0.25, -0.2) is 8.42 Å². The summed E-state index contributed by atoms with van der Waals surface area (Å²) in [5.74, 6) is 0.296. The van der Waals surface area contributed by atoms with E-state index in [1.165, 1.54) is 11.3 Å². The third-order valence-electron chi connectivity index (χ3n) is 3.00. The molecule has 2 heterocycles. The van der Waals surface area contributed by atoms with Crippen molar-refractivity contribution in [1.82, 2.24) is 4.31 Å². The van der Waals surface area contributed by atoms with Gasteiger partial charge in [-0.2, -0.15) is 4.31 Å². The average Bonchev–Trinajstić information content (AvgIpc) is 2.85. The van der Waals surface area contributed by atoms with E-state index in [9.17, 15) is 8.42 Å². The minimum atomic E-state index is -3.29. The van der Waals surface area contributed by atoms with Crippen LogP contribution in [0.2, 0.25) is 0 Å². The maximum atomic E-state index is 12.3. The third-order valence-corrected chi connectivity index (χ3v) is 6.35. The lowest BCUT2D eigenvalue weighted by atomic mass is 10.1. The van der Waals surface area contributed by atoms with Gasteiger partial charge in [0.25, 0.3) is 10.0 Å². The Balaban J connectivity index is 0.00000144. The molecule has 1 aliphatic heterocycles. The van der Waals surface area contributed by atoms with Crippen LogP contribution in [0.4, 0.5) is 0 Å². The maximum Gasteiger partial charge on any atom is 0.252 e. The van der Waals surface area contributed by atoms with Crippen LogP contribution < -0.4 is 5.73 Å². The van der Waals surface area contributed by atoms with Crippen molar-refractivity contribution < 1.29 is 8.42 Å². The number of hydrogen-bond acceptors (Lipinski definition) is 4. The van der Waals surface area contributed by atoms with Crippen molar-refractivity contribution >= 4 is 33.8 Å². The molecule has 98 valence electrons. The van der Waals surface area contributed by atoms with Gasteiger partial charge >= 0.3 is 0 Å². The van der Waals surface area contributed by atoms with Crippen molar-refractivity contribution in [2.45, 2.75) is 23.6 Å². The number of halogens is 1. The van der Waals surface area contributed by atoms with E-state index >= 15 is 0 Å². The van der Waals surface area contributed by atoms with Gasteiger partial charge in [0.05, 0.1) is 0 Å². The summed E-state index contributed by atoms with van der Waals surface area (Å²) in [4.78, 5) is 0. The van der Waals surface area contributed by atoms with Gasteiger partial charge in [0.15, 0.2) is 0 Å². The molecule has 17 heavy (non-hydrogen) atoms. The van der Waals surface area contributed by atoms with Gasteiger partial charge in [0, 0.05) is 12.6 Å². The lowest BCUT2D eigenvalue weighted by Crippen LogP contribution is -2.34. The van der Waals surface area contributed by atoms with Crippen LogP contribution in [-0.2, 0) is 10.0 Å². The normalized spacial score (nSPS) is 25.8. The van der Waals surface area contributed by atoms with Crippen molar-refractivity contribution in [3.63, 3.8) is 0 Å². The maximum absolute atomic E-state index is 12.3. The van der Waals surface area contributed by atoms with Crippen LogP contribution in [0.1, 0.15) is 13.3 Å². The van der Waals surface area contributed by atoms with E-state index in [4.69, 9.17) is 5.73 Å². The zero-order valence-corrected chi connectivity index (χ0v) is 12.0. The molecule has 0 radical (unpaired) electrons. The number of nitrogens with two attached hydrogens (primary N) is 1. The lowest BCUT2D eigenvalue weighted by molar-refractivity contribution is 0.406. The van der Waals surface area contributed by atoms with Crippen LogP contribution in [-0.4, -0.2) is 31.9 Å². The molecule has 1 fully saturated rings. The minimum Gasteiger partial charge on any atom is -0.330 e. The summed E-state index contributed by atoms with van der Waals surface area (Å²) >= 11 is 1.27. The molecule has 1 saturated heterocycles. The van der Waals surface area contributed by atoms with Gasteiger partial charge in [-0.3, -0.25) is 0 Å². The van der Waals surface area contributed by atoms with E-state index in [-0.39, 0.29) is 18.4 Å². The minimum absolute atomic E-state index is 0. The Bertz CT molecular complexity index is 447. The molecule has 2 N–H and O–H groups in total. The standard InChI is InChI=1S/C10H16N2O2S2.ClH/c1-8-5-9(6-11)7-12(8)16(13,14)10-3-2-4-15-10;/h2-4,8-9H,5-7,11H2,1H3;1H. The molecule has 0 amide bonds. The Kier molecular flexibility index (Phi) is 4.97. The second-order valence-corrected chi connectivity index (χ2v) is 7.26. The summed E-state index contributed by atoms with van der Waals surface area (Å²) in [6.45, 7) is 3.06. The molecule has 2 rings (SSSR count). The van der Waals surface area contributed by atoms with Gasteiger partial charge in [-0.15, -0.1) is 23.7 Å². The monoisotopic (exact) mass is 296 g/mol. The van der Waals surface area contributed by atoms with Crippen molar-refractivity contribution in [3.05, 3.63) is 17.5 Å². The fourth-order valence-corrected chi connectivity index (χ4v) is 4.98. The van der Waals surface area contributed by atoms with Gasteiger partial charge in [-0.1, -0.05) is 6.07 Å². The molecule has 0 saturated carbocycles. The van der Waals surface area contributed by atoms with Crippen LogP contribution in [0.15, 0.2) is 21.7 Å². The molecular weight excluding hydrogens is 280 g/mol. The highest BCUT2D eigenvalue weighted by Gasteiger charge is 2.37. The first-order valence-corrected chi connectivity index (χ1v) is 7.63. The fraction of sp³-hybridized carbons (Fsp3) is 0.600. The summed E-state index contributed by atoms with van der Waals surface area (Å²) in [6, 6.07) is 3.47. The second-order valence-electron chi connectivity index (χ2n) is 4.19. The number of thiophene rings is 1. The summed E-state index contributed by atoms with van der Waals surface area (Å²) < 4.78 is 26.5. The lowest BCUT2D eigenvalue weighted by Gasteiger charge is -2.19. The second kappa shape index (κ2) is 5.67. The summed E-state index contributed by atoms with van der Waals surface area (Å²) in [5, 5.41) is 1.79. The first kappa shape index (κ1) is 14.9. The zero-order chi connectivity index (χ0) is 11.8. The van der Waals surface area contributed by atoms with Crippen LogP contribution in [0.25, 0.3) is 0 Å². The number of hydrogen-bond donors (Lipinski definition) is 1. The molecule has 7 heteroatoms. The Morgan fingerprint density at radius 2 is 2.29 bits per heavy atom. The summed E-state index contributed by atoms with van der Waals surface area (Å²) in [6.07, 6.45) is 0.862. The molecule has 2 unspecified atom stereocenters. The number of rotatable bonds is 3. The van der Waals surface area contributed by atoms with E-state index in [1.54, 1.807) is 21.8 Å². The molecule has 0 aliphatic carbocycles. The molecule has 1 aromatic heterocycles. The molecule has 1 aromatic rings. The van der Waals surface area contributed by atoms with E-state index in [1.807, 2.05) is 6.92 Å². The van der Waals surface area contributed by atoms with Crippen molar-refractivity contribution in [1.29, 1.82) is 0 Å². The van der Waals surface area contributed by atoms with Crippen molar-refractivity contribution in [2.75, 3.05) is 13.1 Å². The smallest absolute Gasteiger partial charge is 0.252 e. The predicted octanol–water partition coefficient (Wildman–Crippen LogP) is 1.53. The van der Waals surface area contributed by atoms with Crippen LogP contribution in [0, 0.1) is 5.92 Å². The van der Waals surface area contributed by atoms with Gasteiger partial charge in [-0.05, 0) is 37.3 Å². The van der Waals surface area contributed by atoms with Crippen molar-refractivity contribution in [3.8, 4) is 0 Å². The first-order chi connectivity index (χ1) is 7.55. The van der Waals surface area contributed by atoms with Crippen LogP contribution >= 0.6 is 23.7 Å². The largest absolute Gasteiger partial charge is 0.330 e. The molecule has 2 atom stereocenters. The van der Waals surface area contributed by atoms with E-state index in [0.717, 1.165) is 6.42 Å². The van der Waals surface area contributed by atoms with Gasteiger partial charge in [0.2, 0.25) is 0 Å². The molecular formula is C10H17ClN2O2S2. The SMILES string of the molecule is CC1CC(CN)CN1S(=O)(=O)c1cccs1.Cl. The Hall–Kier alpha value is -0.140. The molecule has 0 aromatic carbocycles. The highest BCUT2D eigenvalue weighted by atomic mass is 35.5. The van der Waals surface area contributed by atoms with Gasteiger partial charge in [0.1, 0.15) is 4.21 Å². The summed E-state index contributed by atoms with van der Waals surface area (Å²) in [7, 11) is -3.29. The topological polar surface area (TPSA) is 63.4 Å². The highest BCUT2D eigenvalue weighted by molar-refractivity contribution is 7.91. The number of sulfonamides is 1. The Labute approximate surface area is 112 Å². The fourth-order valence-electron chi connectivity index (χ4n) is 2.14. The highest BCUT2D eigenvalue weighted by Crippen LogP contribution is 2.30. The molecule has 0 spiro atoms. The van der Waals surface area contributed by atoms with E-state index in [2.05, 4.69) is 0 Å². The number of nitrogens with zero attached hydrogens (tertiary/aromatic N) is 1. The molecule has 1 aliphatic rings. The zero-order valence-electron chi connectivity index (χ0n) is 9.57. The molecule has 4 nitrogen and oxygen atoms in total. The Morgan fingerprint density at radius 3 is 2.76 bits per heavy atom.